The monoisotopic (exact) mass is 462 g/mol. The van der Waals surface area contributed by atoms with Crippen LogP contribution in [0.15, 0.2) is 50.2 Å². The SMILES string of the molecule is COc1c(Br)cc(Br)cc1C(=O)Nc1ccc(S(N)(=O)=O)cc1. The molecule has 0 heterocycles. The van der Waals surface area contributed by atoms with Crippen LogP contribution in [0.4, 0.5) is 5.69 Å². The molecule has 3 N–H and O–H groups in total. The summed E-state index contributed by atoms with van der Waals surface area (Å²) >= 11 is 6.64. The lowest BCUT2D eigenvalue weighted by Gasteiger charge is -2.12. The molecule has 0 atom stereocenters. The Bertz CT molecular complexity index is 852. The van der Waals surface area contributed by atoms with Crippen LogP contribution in [-0.4, -0.2) is 21.4 Å². The van der Waals surface area contributed by atoms with Gasteiger partial charge in [0.25, 0.3) is 5.91 Å². The Labute approximate surface area is 150 Å². The van der Waals surface area contributed by atoms with Crippen LogP contribution >= 0.6 is 31.9 Å². The van der Waals surface area contributed by atoms with E-state index in [1.54, 1.807) is 12.1 Å². The average molecular weight is 464 g/mol. The van der Waals surface area contributed by atoms with Gasteiger partial charge in [0, 0.05) is 10.2 Å². The summed E-state index contributed by atoms with van der Waals surface area (Å²) in [4.78, 5) is 12.4. The molecule has 0 saturated heterocycles. The number of carbonyl (C=O) groups is 1. The molecule has 122 valence electrons. The molecule has 0 spiro atoms. The summed E-state index contributed by atoms with van der Waals surface area (Å²) < 4.78 is 29.0. The van der Waals surface area contributed by atoms with Gasteiger partial charge in [0.05, 0.1) is 22.0 Å². The Hall–Kier alpha value is -1.42. The van der Waals surface area contributed by atoms with Crippen molar-refractivity contribution in [1.29, 1.82) is 0 Å². The van der Waals surface area contributed by atoms with E-state index in [9.17, 15) is 13.2 Å². The smallest absolute Gasteiger partial charge is 0.259 e. The highest BCUT2D eigenvalue weighted by Gasteiger charge is 2.17. The number of hydrogen-bond donors (Lipinski definition) is 2. The molecule has 2 aromatic carbocycles. The van der Waals surface area contributed by atoms with Gasteiger partial charge in [-0.1, -0.05) is 15.9 Å². The second-order valence-corrected chi connectivity index (χ2v) is 7.82. The van der Waals surface area contributed by atoms with Gasteiger partial charge >= 0.3 is 0 Å². The van der Waals surface area contributed by atoms with Gasteiger partial charge in [0.1, 0.15) is 5.75 Å². The van der Waals surface area contributed by atoms with Crippen LogP contribution in [0.25, 0.3) is 0 Å². The van der Waals surface area contributed by atoms with Gasteiger partial charge in [0.15, 0.2) is 0 Å². The Morgan fingerprint density at radius 1 is 1.17 bits per heavy atom. The van der Waals surface area contributed by atoms with Crippen LogP contribution < -0.4 is 15.2 Å². The molecule has 0 fully saturated rings. The van der Waals surface area contributed by atoms with E-state index < -0.39 is 15.9 Å². The molecule has 1 amide bonds. The largest absolute Gasteiger partial charge is 0.495 e. The second kappa shape index (κ2) is 7.00. The lowest BCUT2D eigenvalue weighted by atomic mass is 10.2. The number of carbonyl (C=O) groups excluding carboxylic acids is 1. The topological polar surface area (TPSA) is 98.5 Å². The second-order valence-electron chi connectivity index (χ2n) is 4.49. The highest BCUT2D eigenvalue weighted by atomic mass is 79.9. The molecule has 0 unspecified atom stereocenters. The fraction of sp³-hybridized carbons (Fsp3) is 0.0714. The third kappa shape index (κ3) is 4.31. The van der Waals surface area contributed by atoms with Crippen molar-refractivity contribution in [1.82, 2.24) is 0 Å². The Morgan fingerprint density at radius 2 is 1.78 bits per heavy atom. The van der Waals surface area contributed by atoms with Crippen LogP contribution in [0.5, 0.6) is 5.75 Å². The number of amides is 1. The third-order valence-electron chi connectivity index (χ3n) is 2.90. The lowest BCUT2D eigenvalue weighted by Crippen LogP contribution is -2.14. The number of benzene rings is 2. The molecule has 2 rings (SSSR count). The number of ether oxygens (including phenoxy) is 1. The van der Waals surface area contributed by atoms with Crippen molar-refractivity contribution in [2.24, 2.45) is 5.14 Å². The van der Waals surface area contributed by atoms with Crippen LogP contribution in [0.1, 0.15) is 10.4 Å². The average Bonchev–Trinajstić information content (AvgIpc) is 2.46. The molecule has 0 bridgehead atoms. The molecule has 0 saturated carbocycles. The maximum atomic E-state index is 12.4. The summed E-state index contributed by atoms with van der Waals surface area (Å²) in [5, 5.41) is 7.70. The van der Waals surface area contributed by atoms with Crippen LogP contribution in [0.2, 0.25) is 0 Å². The van der Waals surface area contributed by atoms with E-state index in [1.165, 1.54) is 31.4 Å². The first-order valence-corrected chi connectivity index (χ1v) is 9.33. The van der Waals surface area contributed by atoms with Crippen molar-refractivity contribution in [2.45, 2.75) is 4.90 Å². The number of anilines is 1. The number of nitrogens with one attached hydrogen (secondary N) is 1. The maximum Gasteiger partial charge on any atom is 0.259 e. The number of primary sulfonamides is 1. The molecule has 0 aliphatic heterocycles. The summed E-state index contributed by atoms with van der Waals surface area (Å²) in [6.45, 7) is 0. The van der Waals surface area contributed by atoms with Crippen molar-refractivity contribution < 1.29 is 17.9 Å². The van der Waals surface area contributed by atoms with Gasteiger partial charge in [-0.05, 0) is 52.3 Å². The number of halogens is 2. The fourth-order valence-corrected chi connectivity index (χ4v) is 3.77. The molecule has 0 aliphatic rings. The van der Waals surface area contributed by atoms with Crippen molar-refractivity contribution in [2.75, 3.05) is 12.4 Å². The minimum atomic E-state index is -3.77. The summed E-state index contributed by atoms with van der Waals surface area (Å²) in [5.74, 6) is -0.000869. The van der Waals surface area contributed by atoms with Crippen molar-refractivity contribution in [3.8, 4) is 5.75 Å². The zero-order valence-corrected chi connectivity index (χ0v) is 15.8. The molecular formula is C14H12Br2N2O4S. The predicted octanol–water partition coefficient (Wildman–Crippen LogP) is 3.12. The van der Waals surface area contributed by atoms with E-state index in [-0.39, 0.29) is 4.90 Å². The predicted molar refractivity (Wildman–Crippen MR) is 94.2 cm³/mol. The molecule has 0 aliphatic carbocycles. The highest BCUT2D eigenvalue weighted by molar-refractivity contribution is 9.11. The molecule has 6 nitrogen and oxygen atoms in total. The number of nitrogens with two attached hydrogens (primary N) is 1. The van der Waals surface area contributed by atoms with Crippen molar-refractivity contribution >= 4 is 53.5 Å². The van der Waals surface area contributed by atoms with E-state index in [1.807, 2.05) is 0 Å². The van der Waals surface area contributed by atoms with E-state index in [0.717, 1.165) is 0 Å². The molecule has 2 aromatic rings. The molecule has 0 radical (unpaired) electrons. The zero-order valence-electron chi connectivity index (χ0n) is 11.8. The van der Waals surface area contributed by atoms with E-state index in [4.69, 9.17) is 9.88 Å². The first-order valence-electron chi connectivity index (χ1n) is 6.19. The van der Waals surface area contributed by atoms with Gasteiger partial charge < -0.3 is 10.1 Å². The fourth-order valence-electron chi connectivity index (χ4n) is 1.86. The van der Waals surface area contributed by atoms with Gasteiger partial charge in [-0.2, -0.15) is 0 Å². The minimum absolute atomic E-state index is 0.0294. The lowest BCUT2D eigenvalue weighted by molar-refractivity contribution is 0.102. The number of rotatable bonds is 4. The summed E-state index contributed by atoms with van der Waals surface area (Å²) in [6, 6.07) is 8.93. The van der Waals surface area contributed by atoms with E-state index in [2.05, 4.69) is 37.2 Å². The standard InChI is InChI=1S/C14H12Br2N2O4S/c1-22-13-11(6-8(15)7-12(13)16)14(19)18-9-2-4-10(5-3-9)23(17,20)21/h2-7H,1H3,(H,18,19)(H2,17,20,21). The van der Waals surface area contributed by atoms with Crippen LogP contribution in [0, 0.1) is 0 Å². The first kappa shape index (κ1) is 17.9. The minimum Gasteiger partial charge on any atom is -0.495 e. The molecule has 9 heteroatoms. The van der Waals surface area contributed by atoms with Gasteiger partial charge in [-0.3, -0.25) is 4.79 Å². The van der Waals surface area contributed by atoms with E-state index >= 15 is 0 Å². The van der Waals surface area contributed by atoms with Crippen molar-refractivity contribution in [3.63, 3.8) is 0 Å². The van der Waals surface area contributed by atoms with Crippen molar-refractivity contribution in [3.05, 3.63) is 50.9 Å². The zero-order chi connectivity index (χ0) is 17.2. The molecule has 0 aromatic heterocycles. The molecular weight excluding hydrogens is 452 g/mol. The summed E-state index contributed by atoms with van der Waals surface area (Å²) in [6.07, 6.45) is 0. The summed E-state index contributed by atoms with van der Waals surface area (Å²) in [7, 11) is -2.30. The quantitative estimate of drug-likeness (QED) is 0.727. The maximum absolute atomic E-state index is 12.4. The van der Waals surface area contributed by atoms with Crippen LogP contribution in [-0.2, 0) is 10.0 Å². The number of methoxy groups -OCH3 is 1. The van der Waals surface area contributed by atoms with E-state index in [0.29, 0.717) is 25.9 Å². The summed E-state index contributed by atoms with van der Waals surface area (Å²) in [5.41, 5.74) is 0.754. The highest BCUT2D eigenvalue weighted by Crippen LogP contribution is 2.33. The third-order valence-corrected chi connectivity index (χ3v) is 4.87. The molecule has 23 heavy (non-hydrogen) atoms. The Morgan fingerprint density at radius 3 is 2.30 bits per heavy atom. The van der Waals surface area contributed by atoms with Gasteiger partial charge in [0.2, 0.25) is 10.0 Å². The van der Waals surface area contributed by atoms with Gasteiger partial charge in [-0.25, -0.2) is 13.6 Å². The normalized spacial score (nSPS) is 11.1. The van der Waals surface area contributed by atoms with Crippen LogP contribution in [0.3, 0.4) is 0 Å². The number of hydrogen-bond acceptors (Lipinski definition) is 4. The first-order chi connectivity index (χ1) is 10.7. The Kier molecular flexibility index (Phi) is 5.45. The Balaban J connectivity index is 2.29. The number of sulfonamides is 1. The van der Waals surface area contributed by atoms with Gasteiger partial charge in [-0.15, -0.1) is 0 Å².